The van der Waals surface area contributed by atoms with Gasteiger partial charge in [-0.15, -0.1) is 0 Å². The molecule has 0 radical (unpaired) electrons. The minimum atomic E-state index is -3.55. The van der Waals surface area contributed by atoms with Gasteiger partial charge in [-0.25, -0.2) is 8.42 Å². The Hall–Kier alpha value is -3.07. The maximum absolute atomic E-state index is 13.6. The number of rotatable bonds is 12. The van der Waals surface area contributed by atoms with E-state index in [1.165, 1.54) is 10.6 Å². The van der Waals surface area contributed by atoms with E-state index in [0.29, 0.717) is 24.3 Å². The molecule has 0 bridgehead atoms. The average Bonchev–Trinajstić information content (AvgIpc) is 2.79. The Bertz CT molecular complexity index is 1200. The number of nitrogens with one attached hydrogen (secondary N) is 1. The van der Waals surface area contributed by atoms with Gasteiger partial charge in [0.2, 0.25) is 21.8 Å². The van der Waals surface area contributed by atoms with Gasteiger partial charge >= 0.3 is 0 Å². The second-order valence-corrected chi connectivity index (χ2v) is 12.7. The lowest BCUT2D eigenvalue weighted by molar-refractivity contribution is -0.142. The number of benzene rings is 2. The van der Waals surface area contributed by atoms with Crippen LogP contribution in [-0.4, -0.2) is 56.6 Å². The predicted octanol–water partition coefficient (Wildman–Crippen LogP) is 4.58. The summed E-state index contributed by atoms with van der Waals surface area (Å²) < 4.78 is 31.9. The number of ether oxygens (including phenoxy) is 1. The van der Waals surface area contributed by atoms with Gasteiger partial charge in [-0.2, -0.15) is 0 Å². The summed E-state index contributed by atoms with van der Waals surface area (Å²) >= 11 is 0. The number of nitrogens with zero attached hydrogens (tertiary/aromatic N) is 2. The molecule has 0 unspecified atom stereocenters. The van der Waals surface area contributed by atoms with Gasteiger partial charge in [-0.3, -0.25) is 13.9 Å². The molecule has 2 aromatic rings. The number of carbonyl (C=O) groups is 2. The SMILES string of the molecule is CC[C@H](C(=O)NC(C)(C)C)N(Cc1cccc(OC)c1)C(=O)CCCN(c1cc(C)cc(C)c1)S(C)(=O)=O. The third-order valence-electron chi connectivity index (χ3n) is 6.02. The largest absolute Gasteiger partial charge is 0.497 e. The first-order valence-corrected chi connectivity index (χ1v) is 14.8. The molecular formula is C29H43N3O5S. The third kappa shape index (κ3) is 9.35. The maximum Gasteiger partial charge on any atom is 0.243 e. The van der Waals surface area contributed by atoms with E-state index in [-0.39, 0.29) is 31.3 Å². The third-order valence-corrected chi connectivity index (χ3v) is 7.21. The second kappa shape index (κ2) is 13.1. The molecule has 0 saturated carbocycles. The molecule has 210 valence electrons. The lowest BCUT2D eigenvalue weighted by Crippen LogP contribution is -2.53. The number of hydrogen-bond acceptors (Lipinski definition) is 5. The van der Waals surface area contributed by atoms with Crippen molar-refractivity contribution in [2.75, 3.05) is 24.2 Å². The van der Waals surface area contributed by atoms with Crippen LogP contribution >= 0.6 is 0 Å². The normalized spacial score (nSPS) is 12.5. The fraction of sp³-hybridized carbons (Fsp3) is 0.517. The molecular weight excluding hydrogens is 502 g/mol. The highest BCUT2D eigenvalue weighted by Gasteiger charge is 2.31. The predicted molar refractivity (Wildman–Crippen MR) is 153 cm³/mol. The molecule has 2 rings (SSSR count). The summed E-state index contributed by atoms with van der Waals surface area (Å²) in [5.41, 5.74) is 2.90. The first-order chi connectivity index (χ1) is 17.6. The molecule has 8 nitrogen and oxygen atoms in total. The lowest BCUT2D eigenvalue weighted by Gasteiger charge is -2.33. The lowest BCUT2D eigenvalue weighted by atomic mass is 10.0. The van der Waals surface area contributed by atoms with Crippen LogP contribution in [0.1, 0.15) is 63.6 Å². The number of carbonyl (C=O) groups excluding carboxylic acids is 2. The zero-order valence-corrected chi connectivity index (χ0v) is 24.8. The molecule has 2 amide bonds. The Kier molecular flexibility index (Phi) is 10.8. The van der Waals surface area contributed by atoms with Crippen LogP contribution in [0.3, 0.4) is 0 Å². The summed E-state index contributed by atoms with van der Waals surface area (Å²) in [4.78, 5) is 28.4. The molecule has 0 saturated heterocycles. The summed E-state index contributed by atoms with van der Waals surface area (Å²) in [6, 6.07) is 12.4. The number of aryl methyl sites for hydroxylation is 2. The molecule has 2 aromatic carbocycles. The zero-order chi connectivity index (χ0) is 28.7. The molecule has 0 aliphatic rings. The Labute approximate surface area is 228 Å². The summed E-state index contributed by atoms with van der Waals surface area (Å²) in [6.07, 6.45) is 2.02. The summed E-state index contributed by atoms with van der Waals surface area (Å²) in [7, 11) is -1.97. The van der Waals surface area contributed by atoms with E-state index < -0.39 is 21.6 Å². The first kappa shape index (κ1) is 31.1. The van der Waals surface area contributed by atoms with Gasteiger partial charge in [0.05, 0.1) is 19.1 Å². The Morgan fingerprint density at radius 1 is 1.05 bits per heavy atom. The Morgan fingerprint density at radius 3 is 2.21 bits per heavy atom. The molecule has 0 aliphatic carbocycles. The zero-order valence-electron chi connectivity index (χ0n) is 24.0. The van der Waals surface area contributed by atoms with Crippen LogP contribution in [0.4, 0.5) is 5.69 Å². The van der Waals surface area contributed by atoms with E-state index in [1.54, 1.807) is 12.0 Å². The minimum Gasteiger partial charge on any atom is -0.497 e. The van der Waals surface area contributed by atoms with Gasteiger partial charge in [0, 0.05) is 25.0 Å². The average molecular weight is 546 g/mol. The molecule has 0 aromatic heterocycles. The molecule has 0 fully saturated rings. The fourth-order valence-electron chi connectivity index (χ4n) is 4.44. The molecule has 0 spiro atoms. The van der Waals surface area contributed by atoms with Crippen molar-refractivity contribution in [2.24, 2.45) is 0 Å². The van der Waals surface area contributed by atoms with Crippen LogP contribution in [-0.2, 0) is 26.2 Å². The number of hydrogen-bond donors (Lipinski definition) is 1. The molecule has 1 N–H and O–H groups in total. The molecule has 0 heterocycles. The Morgan fingerprint density at radius 2 is 1.68 bits per heavy atom. The van der Waals surface area contributed by atoms with Crippen molar-refractivity contribution >= 4 is 27.5 Å². The minimum absolute atomic E-state index is 0.0973. The quantitative estimate of drug-likeness (QED) is 0.421. The van der Waals surface area contributed by atoms with Crippen LogP contribution in [0.15, 0.2) is 42.5 Å². The first-order valence-electron chi connectivity index (χ1n) is 12.9. The monoisotopic (exact) mass is 545 g/mol. The van der Waals surface area contributed by atoms with Gasteiger partial charge in [-0.1, -0.05) is 25.1 Å². The van der Waals surface area contributed by atoms with Crippen molar-refractivity contribution in [3.63, 3.8) is 0 Å². The van der Waals surface area contributed by atoms with Gasteiger partial charge in [0.25, 0.3) is 0 Å². The van der Waals surface area contributed by atoms with Crippen molar-refractivity contribution in [1.29, 1.82) is 0 Å². The van der Waals surface area contributed by atoms with E-state index >= 15 is 0 Å². The second-order valence-electron chi connectivity index (χ2n) is 10.8. The number of anilines is 1. The molecule has 38 heavy (non-hydrogen) atoms. The summed E-state index contributed by atoms with van der Waals surface area (Å²) in [6.45, 7) is 11.8. The molecule has 9 heteroatoms. The number of methoxy groups -OCH3 is 1. The van der Waals surface area contributed by atoms with Crippen molar-refractivity contribution in [1.82, 2.24) is 10.2 Å². The maximum atomic E-state index is 13.6. The van der Waals surface area contributed by atoms with Crippen LogP contribution in [0, 0.1) is 13.8 Å². The van der Waals surface area contributed by atoms with Crippen LogP contribution in [0.5, 0.6) is 5.75 Å². The van der Waals surface area contributed by atoms with Gasteiger partial charge in [0.15, 0.2) is 0 Å². The highest BCUT2D eigenvalue weighted by atomic mass is 32.2. The van der Waals surface area contributed by atoms with Gasteiger partial charge < -0.3 is 15.0 Å². The van der Waals surface area contributed by atoms with Gasteiger partial charge in [-0.05, 0) is 88.4 Å². The van der Waals surface area contributed by atoms with E-state index in [4.69, 9.17) is 4.74 Å². The summed E-state index contributed by atoms with van der Waals surface area (Å²) in [5, 5.41) is 3.00. The van der Waals surface area contributed by atoms with Crippen molar-refractivity contribution in [3.8, 4) is 5.75 Å². The number of sulfonamides is 1. The number of amides is 2. The van der Waals surface area contributed by atoms with E-state index in [1.807, 2.05) is 84.0 Å². The summed E-state index contributed by atoms with van der Waals surface area (Å²) in [5.74, 6) is 0.237. The highest BCUT2D eigenvalue weighted by Crippen LogP contribution is 2.23. The highest BCUT2D eigenvalue weighted by molar-refractivity contribution is 7.92. The topological polar surface area (TPSA) is 96.0 Å². The molecule has 0 aliphatic heterocycles. The fourth-order valence-corrected chi connectivity index (χ4v) is 5.39. The van der Waals surface area contributed by atoms with Crippen LogP contribution < -0.4 is 14.4 Å². The molecule has 1 atom stereocenters. The Balaban J connectivity index is 2.28. The standard InChI is InChI=1S/C29H43N3O5S/c1-9-26(28(34)30-29(4,5)6)31(20-23-12-10-13-25(19-23)37-7)27(33)14-11-15-32(38(8,35)36)24-17-21(2)16-22(3)18-24/h10,12-13,16-19,26H,9,11,14-15,20H2,1-8H3,(H,30,34)/t26-/m1/s1. The van der Waals surface area contributed by atoms with E-state index in [9.17, 15) is 18.0 Å². The van der Waals surface area contributed by atoms with Crippen molar-refractivity contribution < 1.29 is 22.7 Å². The van der Waals surface area contributed by atoms with Crippen LogP contribution in [0.2, 0.25) is 0 Å². The van der Waals surface area contributed by atoms with Crippen LogP contribution in [0.25, 0.3) is 0 Å². The van der Waals surface area contributed by atoms with Crippen molar-refractivity contribution in [2.45, 2.75) is 78.9 Å². The smallest absolute Gasteiger partial charge is 0.243 e. The van der Waals surface area contributed by atoms with E-state index in [2.05, 4.69) is 5.32 Å². The van der Waals surface area contributed by atoms with Crippen molar-refractivity contribution in [3.05, 3.63) is 59.2 Å². The van der Waals surface area contributed by atoms with E-state index in [0.717, 1.165) is 16.7 Å². The van der Waals surface area contributed by atoms with Gasteiger partial charge in [0.1, 0.15) is 11.8 Å².